The van der Waals surface area contributed by atoms with Crippen molar-refractivity contribution in [3.8, 4) is 0 Å². The molecule has 8 heteroatoms. The van der Waals surface area contributed by atoms with Crippen molar-refractivity contribution in [3.63, 3.8) is 0 Å². The number of aromatic nitrogens is 2. The number of hydrogen-bond acceptors (Lipinski definition) is 6. The summed E-state index contributed by atoms with van der Waals surface area (Å²) in [6.45, 7) is 2.14. The number of nitrogens with zero attached hydrogens (tertiary/aromatic N) is 2. The standard InChI is InChI=1S/C19H17F2N3O3/c1-2-26-19(25)12-7-22-17-11(5-6-13(20)15(17)21)16(12)23-8-14-18(10-3-4-10)27-9-24-14/h5-7,9-10H,2-4,8H2,1H3,(H,22,23). The van der Waals surface area contributed by atoms with E-state index in [1.165, 1.54) is 18.7 Å². The molecule has 4 rings (SSSR count). The molecular weight excluding hydrogens is 356 g/mol. The van der Waals surface area contributed by atoms with Gasteiger partial charge in [0.1, 0.15) is 22.5 Å². The number of nitrogens with one attached hydrogen (secondary N) is 1. The van der Waals surface area contributed by atoms with Crippen molar-refractivity contribution < 1.29 is 22.7 Å². The van der Waals surface area contributed by atoms with Crippen LogP contribution in [0.3, 0.4) is 0 Å². The van der Waals surface area contributed by atoms with Crippen LogP contribution in [0.25, 0.3) is 10.9 Å². The predicted octanol–water partition coefficient (Wildman–Crippen LogP) is 4.17. The minimum Gasteiger partial charge on any atom is -0.462 e. The zero-order valence-corrected chi connectivity index (χ0v) is 14.6. The first-order valence-electron chi connectivity index (χ1n) is 8.70. The molecule has 27 heavy (non-hydrogen) atoms. The van der Waals surface area contributed by atoms with Crippen LogP contribution in [0.15, 0.2) is 29.1 Å². The van der Waals surface area contributed by atoms with Crippen LogP contribution in [0.5, 0.6) is 0 Å². The third-order valence-electron chi connectivity index (χ3n) is 4.48. The van der Waals surface area contributed by atoms with Gasteiger partial charge in [0.05, 0.1) is 18.8 Å². The lowest BCUT2D eigenvalue weighted by Crippen LogP contribution is -2.12. The topological polar surface area (TPSA) is 77.2 Å². The van der Waals surface area contributed by atoms with E-state index in [4.69, 9.17) is 9.15 Å². The number of anilines is 1. The molecule has 0 spiro atoms. The molecule has 140 valence electrons. The van der Waals surface area contributed by atoms with Gasteiger partial charge < -0.3 is 14.5 Å². The third kappa shape index (κ3) is 3.22. The van der Waals surface area contributed by atoms with Crippen LogP contribution < -0.4 is 5.32 Å². The summed E-state index contributed by atoms with van der Waals surface area (Å²) in [7, 11) is 0. The first-order valence-corrected chi connectivity index (χ1v) is 8.70. The quantitative estimate of drug-likeness (QED) is 0.654. The second kappa shape index (κ2) is 6.94. The van der Waals surface area contributed by atoms with Crippen molar-refractivity contribution in [2.45, 2.75) is 32.2 Å². The van der Waals surface area contributed by atoms with Gasteiger partial charge in [-0.25, -0.2) is 18.6 Å². The first kappa shape index (κ1) is 17.4. The van der Waals surface area contributed by atoms with Gasteiger partial charge in [0.25, 0.3) is 0 Å². The van der Waals surface area contributed by atoms with E-state index in [2.05, 4.69) is 15.3 Å². The molecule has 2 aromatic heterocycles. The van der Waals surface area contributed by atoms with Gasteiger partial charge in [0, 0.05) is 17.5 Å². The molecule has 0 unspecified atom stereocenters. The number of ether oxygens (including phenoxy) is 1. The molecule has 0 atom stereocenters. The number of carbonyl (C=O) groups excluding carboxylic acids is 1. The Hall–Kier alpha value is -3.03. The molecule has 1 saturated carbocycles. The molecule has 1 N–H and O–H groups in total. The summed E-state index contributed by atoms with van der Waals surface area (Å²) in [5.74, 6) is -1.48. The zero-order chi connectivity index (χ0) is 19.0. The molecule has 1 aliphatic carbocycles. The number of halogens is 2. The molecule has 1 aliphatic rings. The molecule has 3 aromatic rings. The molecule has 1 aromatic carbocycles. The van der Waals surface area contributed by atoms with E-state index in [0.29, 0.717) is 11.6 Å². The van der Waals surface area contributed by atoms with Crippen molar-refractivity contribution in [2.24, 2.45) is 0 Å². The summed E-state index contributed by atoms with van der Waals surface area (Å²) in [5.41, 5.74) is 1.03. The Labute approximate surface area is 153 Å². The molecule has 0 radical (unpaired) electrons. The Morgan fingerprint density at radius 2 is 2.15 bits per heavy atom. The average Bonchev–Trinajstić information content (AvgIpc) is 3.40. The van der Waals surface area contributed by atoms with E-state index in [1.807, 2.05) is 0 Å². The van der Waals surface area contributed by atoms with Crippen molar-refractivity contribution in [1.29, 1.82) is 0 Å². The average molecular weight is 373 g/mol. The Kier molecular flexibility index (Phi) is 4.47. The fraction of sp³-hybridized carbons (Fsp3) is 0.316. The predicted molar refractivity (Wildman–Crippen MR) is 93.4 cm³/mol. The number of hydrogen-bond donors (Lipinski definition) is 1. The van der Waals surface area contributed by atoms with Crippen molar-refractivity contribution in [3.05, 3.63) is 53.4 Å². The highest BCUT2D eigenvalue weighted by molar-refractivity contribution is 6.05. The highest BCUT2D eigenvalue weighted by Crippen LogP contribution is 2.41. The summed E-state index contributed by atoms with van der Waals surface area (Å²) < 4.78 is 38.2. The minimum absolute atomic E-state index is 0.145. The second-order valence-corrected chi connectivity index (χ2v) is 6.32. The Balaban J connectivity index is 1.75. The fourth-order valence-electron chi connectivity index (χ4n) is 3.02. The monoisotopic (exact) mass is 373 g/mol. The number of esters is 1. The lowest BCUT2D eigenvalue weighted by atomic mass is 10.1. The number of rotatable bonds is 6. The molecule has 0 amide bonds. The number of oxazole rings is 1. The Morgan fingerprint density at radius 3 is 2.89 bits per heavy atom. The van der Waals surface area contributed by atoms with Crippen molar-refractivity contribution >= 4 is 22.6 Å². The van der Waals surface area contributed by atoms with Gasteiger partial charge in [-0.1, -0.05) is 0 Å². The highest BCUT2D eigenvalue weighted by atomic mass is 19.2. The maximum atomic E-state index is 14.1. The van der Waals surface area contributed by atoms with Crippen LogP contribution in [-0.2, 0) is 11.3 Å². The van der Waals surface area contributed by atoms with Gasteiger partial charge in [-0.3, -0.25) is 4.98 Å². The largest absolute Gasteiger partial charge is 0.462 e. The van der Waals surface area contributed by atoms with E-state index in [0.717, 1.165) is 30.4 Å². The Morgan fingerprint density at radius 1 is 1.33 bits per heavy atom. The Bertz CT molecular complexity index is 1010. The fourth-order valence-corrected chi connectivity index (χ4v) is 3.02. The zero-order valence-electron chi connectivity index (χ0n) is 14.6. The molecule has 2 heterocycles. The summed E-state index contributed by atoms with van der Waals surface area (Å²) in [6, 6.07) is 2.39. The molecular formula is C19H17F2N3O3. The van der Waals surface area contributed by atoms with Crippen LogP contribution in [0.2, 0.25) is 0 Å². The molecule has 0 aliphatic heterocycles. The van der Waals surface area contributed by atoms with Gasteiger partial charge in [0.2, 0.25) is 0 Å². The van der Waals surface area contributed by atoms with Gasteiger partial charge in [-0.05, 0) is 31.9 Å². The van der Waals surface area contributed by atoms with Gasteiger partial charge >= 0.3 is 5.97 Å². The van der Waals surface area contributed by atoms with Crippen molar-refractivity contribution in [2.75, 3.05) is 11.9 Å². The number of benzene rings is 1. The summed E-state index contributed by atoms with van der Waals surface area (Å²) >= 11 is 0. The van der Waals surface area contributed by atoms with Crippen LogP contribution in [0, 0.1) is 11.6 Å². The van der Waals surface area contributed by atoms with E-state index in [1.54, 1.807) is 6.92 Å². The van der Waals surface area contributed by atoms with Crippen LogP contribution >= 0.6 is 0 Å². The molecule has 6 nitrogen and oxygen atoms in total. The lowest BCUT2D eigenvalue weighted by Gasteiger charge is -2.14. The van der Waals surface area contributed by atoms with E-state index in [9.17, 15) is 13.6 Å². The smallest absolute Gasteiger partial charge is 0.341 e. The number of pyridine rings is 1. The number of fused-ring (bicyclic) bond motifs is 1. The van der Waals surface area contributed by atoms with E-state index >= 15 is 0 Å². The maximum absolute atomic E-state index is 14.1. The molecule has 0 saturated heterocycles. The minimum atomic E-state index is -1.06. The summed E-state index contributed by atoms with van der Waals surface area (Å²) in [6.07, 6.45) is 4.68. The third-order valence-corrected chi connectivity index (χ3v) is 4.48. The normalized spacial score (nSPS) is 13.7. The SMILES string of the molecule is CCOC(=O)c1cnc2c(F)c(F)ccc2c1NCc1ncoc1C1CC1. The van der Waals surface area contributed by atoms with Crippen LogP contribution in [0.1, 0.15) is 47.5 Å². The summed E-state index contributed by atoms with van der Waals surface area (Å²) in [5, 5.41) is 3.40. The lowest BCUT2D eigenvalue weighted by molar-refractivity contribution is 0.0527. The first-order chi connectivity index (χ1) is 13.1. The number of carbonyl (C=O) groups is 1. The highest BCUT2D eigenvalue weighted by Gasteiger charge is 2.30. The van der Waals surface area contributed by atoms with E-state index < -0.39 is 17.6 Å². The van der Waals surface area contributed by atoms with E-state index in [-0.39, 0.29) is 29.6 Å². The summed E-state index contributed by atoms with van der Waals surface area (Å²) in [4.78, 5) is 20.4. The molecule has 1 fully saturated rings. The van der Waals surface area contributed by atoms with Gasteiger partial charge in [-0.2, -0.15) is 0 Å². The maximum Gasteiger partial charge on any atom is 0.341 e. The van der Waals surface area contributed by atoms with Crippen molar-refractivity contribution in [1.82, 2.24) is 9.97 Å². The van der Waals surface area contributed by atoms with Crippen LogP contribution in [0.4, 0.5) is 14.5 Å². The molecule has 0 bridgehead atoms. The van der Waals surface area contributed by atoms with Crippen LogP contribution in [-0.4, -0.2) is 22.5 Å². The van der Waals surface area contributed by atoms with Gasteiger partial charge in [0.15, 0.2) is 18.0 Å². The van der Waals surface area contributed by atoms with Gasteiger partial charge in [-0.15, -0.1) is 0 Å². The second-order valence-electron chi connectivity index (χ2n) is 6.32.